The highest BCUT2D eigenvalue weighted by molar-refractivity contribution is 5.74. The predicted molar refractivity (Wildman–Crippen MR) is 80.1 cm³/mol. The summed E-state index contributed by atoms with van der Waals surface area (Å²) >= 11 is 0. The van der Waals surface area contributed by atoms with Crippen LogP contribution in [0.1, 0.15) is 12.0 Å². The third-order valence-corrected chi connectivity index (χ3v) is 3.86. The second-order valence-corrected chi connectivity index (χ2v) is 5.31. The lowest BCUT2D eigenvalue weighted by Gasteiger charge is -2.14. The molecule has 1 aliphatic heterocycles. The Hall–Kier alpha value is -2.30. The van der Waals surface area contributed by atoms with Crippen molar-refractivity contribution < 1.29 is 9.53 Å². The Labute approximate surface area is 124 Å². The average Bonchev–Trinajstić information content (AvgIpc) is 3.16. The highest BCUT2D eigenvalue weighted by Gasteiger charge is 2.30. The van der Waals surface area contributed by atoms with Crippen molar-refractivity contribution >= 4 is 11.8 Å². The minimum absolute atomic E-state index is 0.0331. The molecule has 0 bridgehead atoms. The molecule has 110 valence electrons. The molecule has 1 saturated heterocycles. The van der Waals surface area contributed by atoms with Crippen LogP contribution >= 0.6 is 0 Å². The van der Waals surface area contributed by atoms with Gasteiger partial charge in [-0.25, -0.2) is 0 Å². The number of carbonyl (C=O) groups excluding carboxylic acids is 1. The summed E-state index contributed by atoms with van der Waals surface area (Å²) in [7, 11) is 1.44. The number of rotatable bonds is 4. The van der Waals surface area contributed by atoms with Crippen molar-refractivity contribution in [1.29, 1.82) is 0 Å². The van der Waals surface area contributed by atoms with Gasteiger partial charge in [0.1, 0.15) is 0 Å². The predicted octanol–water partition coefficient (Wildman–Crippen LogP) is 1.93. The first kappa shape index (κ1) is 13.7. The van der Waals surface area contributed by atoms with Crippen LogP contribution in [-0.4, -0.2) is 35.9 Å². The van der Waals surface area contributed by atoms with Gasteiger partial charge in [0, 0.05) is 25.4 Å². The summed E-state index contributed by atoms with van der Waals surface area (Å²) in [5.74, 6) is 0.771. The lowest BCUT2D eigenvalue weighted by molar-refractivity contribution is -0.144. The first-order valence-corrected chi connectivity index (χ1v) is 7.16. The normalized spacial score (nSPS) is 18.0. The van der Waals surface area contributed by atoms with E-state index in [-0.39, 0.29) is 11.9 Å². The van der Waals surface area contributed by atoms with Crippen molar-refractivity contribution in [2.24, 2.45) is 5.92 Å². The summed E-state index contributed by atoms with van der Waals surface area (Å²) in [4.78, 5) is 13.7. The summed E-state index contributed by atoms with van der Waals surface area (Å²) in [5.41, 5.74) is 1.22. The van der Waals surface area contributed by atoms with Crippen molar-refractivity contribution in [2.45, 2.75) is 13.0 Å². The van der Waals surface area contributed by atoms with E-state index in [1.54, 1.807) is 0 Å². The molecule has 1 fully saturated rings. The van der Waals surface area contributed by atoms with E-state index in [1.807, 2.05) is 35.1 Å². The minimum Gasteiger partial charge on any atom is -0.469 e. The Morgan fingerprint density at radius 3 is 2.90 bits per heavy atom. The molecule has 0 aliphatic carbocycles. The van der Waals surface area contributed by atoms with Crippen LogP contribution in [0.2, 0.25) is 0 Å². The van der Waals surface area contributed by atoms with Crippen molar-refractivity contribution in [3.63, 3.8) is 0 Å². The molecule has 2 aromatic rings. The van der Waals surface area contributed by atoms with Gasteiger partial charge in [-0.15, -0.1) is 0 Å². The van der Waals surface area contributed by atoms with Gasteiger partial charge in [0.2, 0.25) is 0 Å². The second-order valence-electron chi connectivity index (χ2n) is 5.31. The van der Waals surface area contributed by atoms with E-state index in [9.17, 15) is 4.79 Å². The Bertz CT molecular complexity index is 609. The lowest BCUT2D eigenvalue weighted by Crippen LogP contribution is -2.24. The molecule has 1 atom stereocenters. The number of aromatic nitrogens is 2. The molecule has 2 heterocycles. The fourth-order valence-electron chi connectivity index (χ4n) is 2.71. The minimum atomic E-state index is -0.124. The van der Waals surface area contributed by atoms with E-state index in [0.29, 0.717) is 6.54 Å². The van der Waals surface area contributed by atoms with Gasteiger partial charge < -0.3 is 9.64 Å². The highest BCUT2D eigenvalue weighted by atomic mass is 16.5. The Balaban J connectivity index is 1.64. The maximum Gasteiger partial charge on any atom is 0.310 e. The molecule has 3 rings (SSSR count). The van der Waals surface area contributed by atoms with Gasteiger partial charge in [-0.2, -0.15) is 5.10 Å². The van der Waals surface area contributed by atoms with Gasteiger partial charge in [0.05, 0.1) is 19.6 Å². The molecule has 1 aromatic heterocycles. The summed E-state index contributed by atoms with van der Waals surface area (Å²) in [6, 6.07) is 12.2. The van der Waals surface area contributed by atoms with Crippen LogP contribution in [-0.2, 0) is 16.1 Å². The zero-order valence-corrected chi connectivity index (χ0v) is 12.1. The number of esters is 1. The van der Waals surface area contributed by atoms with Crippen LogP contribution in [0, 0.1) is 5.92 Å². The second kappa shape index (κ2) is 5.99. The van der Waals surface area contributed by atoms with E-state index in [1.165, 1.54) is 12.7 Å². The first-order valence-electron chi connectivity index (χ1n) is 7.16. The van der Waals surface area contributed by atoms with Crippen LogP contribution in [0.15, 0.2) is 42.6 Å². The molecule has 0 saturated carbocycles. The first-order chi connectivity index (χ1) is 10.3. The van der Waals surface area contributed by atoms with Crippen molar-refractivity contribution in [1.82, 2.24) is 9.78 Å². The number of ether oxygens (including phenoxy) is 1. The molecule has 21 heavy (non-hydrogen) atoms. The van der Waals surface area contributed by atoms with Gasteiger partial charge in [0.25, 0.3) is 0 Å². The third kappa shape index (κ3) is 3.07. The molecular weight excluding hydrogens is 266 g/mol. The Morgan fingerprint density at radius 2 is 2.14 bits per heavy atom. The number of hydrogen-bond acceptors (Lipinski definition) is 4. The van der Waals surface area contributed by atoms with Crippen molar-refractivity contribution in [3.05, 3.63) is 48.2 Å². The molecule has 5 nitrogen and oxygen atoms in total. The number of hydrogen-bond donors (Lipinski definition) is 0. The monoisotopic (exact) mass is 285 g/mol. The van der Waals surface area contributed by atoms with Gasteiger partial charge in [0.15, 0.2) is 5.82 Å². The van der Waals surface area contributed by atoms with Crippen LogP contribution in [0.3, 0.4) is 0 Å². The molecule has 1 aliphatic rings. The molecular formula is C16H19N3O2. The van der Waals surface area contributed by atoms with Gasteiger partial charge in [-0.05, 0) is 12.0 Å². The smallest absolute Gasteiger partial charge is 0.310 e. The average molecular weight is 285 g/mol. The zero-order valence-electron chi connectivity index (χ0n) is 12.1. The quantitative estimate of drug-likeness (QED) is 0.805. The van der Waals surface area contributed by atoms with E-state index in [4.69, 9.17) is 4.74 Å². The standard InChI is InChI=1S/C16H19N3O2/c1-21-16(20)14-7-9-18(12-14)15-8-10-19(17-15)11-13-5-3-2-4-6-13/h2-6,8,10,14H,7,9,11-12H2,1H3. The van der Waals surface area contributed by atoms with Crippen molar-refractivity contribution in [2.75, 3.05) is 25.1 Å². The van der Waals surface area contributed by atoms with Crippen LogP contribution in [0.4, 0.5) is 5.82 Å². The molecule has 0 N–H and O–H groups in total. The Morgan fingerprint density at radius 1 is 1.33 bits per heavy atom. The number of nitrogens with zero attached hydrogens (tertiary/aromatic N) is 3. The van der Waals surface area contributed by atoms with E-state index in [2.05, 4.69) is 22.1 Å². The van der Waals surface area contributed by atoms with E-state index < -0.39 is 0 Å². The number of carbonyl (C=O) groups is 1. The molecule has 1 unspecified atom stereocenters. The number of benzene rings is 1. The summed E-state index contributed by atoms with van der Waals surface area (Å²) in [6.07, 6.45) is 2.81. The molecule has 0 radical (unpaired) electrons. The zero-order chi connectivity index (χ0) is 14.7. The fraction of sp³-hybridized carbons (Fsp3) is 0.375. The summed E-state index contributed by atoms with van der Waals surface area (Å²) < 4.78 is 6.74. The van der Waals surface area contributed by atoms with Crippen molar-refractivity contribution in [3.8, 4) is 0 Å². The van der Waals surface area contributed by atoms with Crippen LogP contribution in [0.5, 0.6) is 0 Å². The van der Waals surface area contributed by atoms with Gasteiger partial charge in [-0.3, -0.25) is 9.48 Å². The van der Waals surface area contributed by atoms with Crippen LogP contribution < -0.4 is 4.90 Å². The van der Waals surface area contributed by atoms with Gasteiger partial charge >= 0.3 is 5.97 Å². The van der Waals surface area contributed by atoms with E-state index in [0.717, 1.165) is 25.3 Å². The molecule has 0 spiro atoms. The number of methoxy groups -OCH3 is 1. The fourth-order valence-corrected chi connectivity index (χ4v) is 2.71. The van der Waals surface area contributed by atoms with E-state index >= 15 is 0 Å². The highest BCUT2D eigenvalue weighted by Crippen LogP contribution is 2.23. The largest absolute Gasteiger partial charge is 0.469 e. The molecule has 0 amide bonds. The van der Waals surface area contributed by atoms with Crippen LogP contribution in [0.25, 0.3) is 0 Å². The maximum atomic E-state index is 11.6. The number of anilines is 1. The maximum absolute atomic E-state index is 11.6. The topological polar surface area (TPSA) is 47.4 Å². The molecule has 5 heteroatoms. The Kier molecular flexibility index (Phi) is 3.90. The summed E-state index contributed by atoms with van der Waals surface area (Å²) in [5, 5.41) is 4.60. The lowest BCUT2D eigenvalue weighted by atomic mass is 10.1. The SMILES string of the molecule is COC(=O)C1CCN(c2ccn(Cc3ccccc3)n2)C1. The summed E-state index contributed by atoms with van der Waals surface area (Å²) in [6.45, 7) is 2.30. The molecule has 1 aromatic carbocycles. The van der Waals surface area contributed by atoms with Gasteiger partial charge in [-0.1, -0.05) is 30.3 Å². The third-order valence-electron chi connectivity index (χ3n) is 3.86.